The molecule has 8 heteroatoms. The number of sulfonamides is 1. The molecule has 3 rings (SSSR count). The molecule has 27 heavy (non-hydrogen) atoms. The first kappa shape index (κ1) is 20.3. The van der Waals surface area contributed by atoms with Gasteiger partial charge in [-0.2, -0.15) is 9.37 Å². The van der Waals surface area contributed by atoms with Gasteiger partial charge in [-0.25, -0.2) is 8.42 Å². The molecule has 2 aliphatic rings. The molecule has 7 nitrogen and oxygen atoms in total. The third-order valence-electron chi connectivity index (χ3n) is 5.56. The maximum Gasteiger partial charge on any atom is 0.221 e. The van der Waals surface area contributed by atoms with Crippen LogP contribution in [0.1, 0.15) is 43.9 Å². The van der Waals surface area contributed by atoms with Crippen molar-refractivity contribution in [3.05, 3.63) is 35.4 Å². The minimum atomic E-state index is -3.54. The Hall–Kier alpha value is -1.48. The van der Waals surface area contributed by atoms with Crippen LogP contribution in [0, 0.1) is 0 Å². The average molecular weight is 396 g/mol. The van der Waals surface area contributed by atoms with Crippen LogP contribution in [0.25, 0.3) is 0 Å². The molecular weight excluding hydrogens is 366 g/mol. The number of carbonyl (C=O) groups excluding carboxylic acids is 1. The van der Waals surface area contributed by atoms with Crippen LogP contribution in [-0.2, 0) is 19.7 Å². The fourth-order valence-corrected chi connectivity index (χ4v) is 5.74. The molecule has 1 aromatic rings. The molecule has 0 aliphatic carbocycles. The van der Waals surface area contributed by atoms with Gasteiger partial charge in [-0.1, -0.05) is 38.1 Å². The quantitative estimate of drug-likeness (QED) is 0.774. The van der Waals surface area contributed by atoms with E-state index >= 15 is 0 Å². The van der Waals surface area contributed by atoms with Gasteiger partial charge < -0.3 is 4.90 Å². The molecule has 0 radical (unpaired) electrons. The van der Waals surface area contributed by atoms with Crippen molar-refractivity contribution in [2.45, 2.75) is 38.0 Å². The van der Waals surface area contributed by atoms with Gasteiger partial charge >= 0.3 is 0 Å². The van der Waals surface area contributed by atoms with Gasteiger partial charge in [0.2, 0.25) is 15.9 Å². The van der Waals surface area contributed by atoms with E-state index in [0.717, 1.165) is 5.56 Å². The summed E-state index contributed by atoms with van der Waals surface area (Å²) in [5, 5.41) is 0.995. The Bertz CT molecular complexity index is 771. The van der Waals surface area contributed by atoms with Crippen molar-refractivity contribution in [1.29, 1.82) is 0 Å². The lowest BCUT2D eigenvalue weighted by atomic mass is 9.98. The maximum absolute atomic E-state index is 13.3. The molecule has 2 unspecified atom stereocenters. The maximum atomic E-state index is 13.3. The lowest BCUT2D eigenvalue weighted by Gasteiger charge is -2.35. The highest BCUT2D eigenvalue weighted by Gasteiger charge is 2.46. The van der Waals surface area contributed by atoms with E-state index in [2.05, 4.69) is 26.0 Å². The number of benzene rings is 1. The van der Waals surface area contributed by atoms with Crippen molar-refractivity contribution in [3.63, 3.8) is 0 Å². The van der Waals surface area contributed by atoms with Gasteiger partial charge in [0, 0.05) is 40.2 Å². The third kappa shape index (κ3) is 4.03. The van der Waals surface area contributed by atoms with Gasteiger partial charge in [0.15, 0.2) is 0 Å². The van der Waals surface area contributed by atoms with Gasteiger partial charge in [-0.05, 0) is 17.0 Å². The summed E-state index contributed by atoms with van der Waals surface area (Å²) in [6, 6.07) is 7.77. The minimum Gasteiger partial charge on any atom is -0.340 e. The van der Waals surface area contributed by atoms with Gasteiger partial charge in [-0.15, -0.1) is 0 Å². The van der Waals surface area contributed by atoms with Crippen LogP contribution < -0.4 is 0 Å². The number of hydrogen-bond acceptors (Lipinski definition) is 5. The zero-order valence-corrected chi connectivity index (χ0v) is 17.3. The zero-order valence-electron chi connectivity index (χ0n) is 16.5. The van der Waals surface area contributed by atoms with E-state index in [1.54, 1.807) is 17.0 Å². The second kappa shape index (κ2) is 7.87. The standard InChI is InChI=1S/C19H29N3O4S/c1-14(2)16-5-7-17(8-6-16)19-18(13-26-20(19)4)27(24,25)22-11-9-21(10-12-22)15(3)23/h5-8,14,18-19H,9-13H2,1-4H3. The summed E-state index contributed by atoms with van der Waals surface area (Å²) in [4.78, 5) is 18.8. The van der Waals surface area contributed by atoms with E-state index in [9.17, 15) is 13.2 Å². The predicted octanol–water partition coefficient (Wildman–Crippen LogP) is 1.59. The second-order valence-corrected chi connectivity index (χ2v) is 9.75. The number of hydrogen-bond donors (Lipinski definition) is 0. The Kier molecular flexibility index (Phi) is 5.90. The number of rotatable bonds is 4. The van der Waals surface area contributed by atoms with Crippen LogP contribution >= 0.6 is 0 Å². The van der Waals surface area contributed by atoms with Crippen LogP contribution in [0.3, 0.4) is 0 Å². The normalized spacial score (nSPS) is 25.3. The molecule has 0 N–H and O–H groups in total. The average Bonchev–Trinajstić information content (AvgIpc) is 3.04. The summed E-state index contributed by atoms with van der Waals surface area (Å²) in [6.07, 6.45) is 0. The molecular formula is C19H29N3O4S. The SMILES string of the molecule is CC(=O)N1CCN(S(=O)(=O)C2CON(C)C2c2ccc(C(C)C)cc2)CC1. The molecule has 1 amide bonds. The van der Waals surface area contributed by atoms with Gasteiger partial charge in [0.25, 0.3) is 0 Å². The Morgan fingerprint density at radius 2 is 1.70 bits per heavy atom. The largest absolute Gasteiger partial charge is 0.340 e. The molecule has 0 aromatic heterocycles. The molecule has 150 valence electrons. The molecule has 2 heterocycles. The second-order valence-electron chi connectivity index (χ2n) is 7.60. The van der Waals surface area contributed by atoms with Crippen molar-refractivity contribution in [2.24, 2.45) is 0 Å². The van der Waals surface area contributed by atoms with Crippen molar-refractivity contribution in [1.82, 2.24) is 14.3 Å². The van der Waals surface area contributed by atoms with E-state index in [1.807, 2.05) is 12.1 Å². The summed E-state index contributed by atoms with van der Waals surface area (Å²) in [5.41, 5.74) is 2.16. The van der Waals surface area contributed by atoms with E-state index in [1.165, 1.54) is 16.8 Å². The van der Waals surface area contributed by atoms with Crippen molar-refractivity contribution in [3.8, 4) is 0 Å². The highest BCUT2D eigenvalue weighted by Crippen LogP contribution is 2.35. The molecule has 2 fully saturated rings. The summed E-state index contributed by atoms with van der Waals surface area (Å²) in [7, 11) is -1.76. The molecule has 2 aliphatic heterocycles. The Morgan fingerprint density at radius 1 is 1.11 bits per heavy atom. The lowest BCUT2D eigenvalue weighted by Crippen LogP contribution is -2.53. The van der Waals surface area contributed by atoms with Crippen LogP contribution in [0.2, 0.25) is 0 Å². The topological polar surface area (TPSA) is 70.2 Å². The van der Waals surface area contributed by atoms with Crippen LogP contribution in [0.15, 0.2) is 24.3 Å². The number of piperazine rings is 1. The molecule has 2 saturated heterocycles. The summed E-state index contributed by atoms with van der Waals surface area (Å²) < 4.78 is 28.1. The molecule has 0 saturated carbocycles. The molecule has 0 bridgehead atoms. The van der Waals surface area contributed by atoms with Crippen molar-refractivity contribution >= 4 is 15.9 Å². The van der Waals surface area contributed by atoms with E-state index < -0.39 is 15.3 Å². The molecule has 2 atom stereocenters. The first-order valence-corrected chi connectivity index (χ1v) is 10.9. The monoisotopic (exact) mass is 395 g/mol. The van der Waals surface area contributed by atoms with Crippen LogP contribution in [0.5, 0.6) is 0 Å². The third-order valence-corrected chi connectivity index (χ3v) is 7.80. The first-order chi connectivity index (χ1) is 12.7. The van der Waals surface area contributed by atoms with E-state index in [-0.39, 0.29) is 18.6 Å². The van der Waals surface area contributed by atoms with Crippen molar-refractivity contribution < 1.29 is 18.0 Å². The zero-order chi connectivity index (χ0) is 19.8. The minimum absolute atomic E-state index is 0.0147. The fraction of sp³-hybridized carbons (Fsp3) is 0.632. The fourth-order valence-electron chi connectivity index (χ4n) is 3.80. The number of hydroxylamine groups is 2. The first-order valence-electron chi connectivity index (χ1n) is 9.42. The van der Waals surface area contributed by atoms with Crippen LogP contribution in [-0.4, -0.2) is 73.7 Å². The summed E-state index contributed by atoms with van der Waals surface area (Å²) in [5.74, 6) is 0.410. The van der Waals surface area contributed by atoms with E-state index in [0.29, 0.717) is 32.1 Å². The number of amides is 1. The predicted molar refractivity (Wildman–Crippen MR) is 104 cm³/mol. The number of nitrogens with zero attached hydrogens (tertiary/aromatic N) is 3. The Balaban J connectivity index is 1.80. The van der Waals surface area contributed by atoms with Gasteiger partial charge in [0.1, 0.15) is 5.25 Å². The van der Waals surface area contributed by atoms with Crippen LogP contribution in [0.4, 0.5) is 0 Å². The summed E-state index contributed by atoms with van der Waals surface area (Å²) >= 11 is 0. The lowest BCUT2D eigenvalue weighted by molar-refractivity contribution is -0.129. The van der Waals surface area contributed by atoms with E-state index in [4.69, 9.17) is 4.84 Å². The van der Waals surface area contributed by atoms with Gasteiger partial charge in [0.05, 0.1) is 12.6 Å². The Morgan fingerprint density at radius 3 is 2.22 bits per heavy atom. The number of carbonyl (C=O) groups is 1. The molecule has 0 spiro atoms. The smallest absolute Gasteiger partial charge is 0.221 e. The van der Waals surface area contributed by atoms with Crippen molar-refractivity contribution in [2.75, 3.05) is 39.8 Å². The van der Waals surface area contributed by atoms with Gasteiger partial charge in [-0.3, -0.25) is 9.63 Å². The highest BCUT2D eigenvalue weighted by molar-refractivity contribution is 7.89. The Labute approximate surface area is 161 Å². The highest BCUT2D eigenvalue weighted by atomic mass is 32.2. The summed E-state index contributed by atoms with van der Waals surface area (Å²) in [6.45, 7) is 7.46. The molecule has 1 aromatic carbocycles.